The highest BCUT2D eigenvalue weighted by atomic mass is 32.1. The highest BCUT2D eigenvalue weighted by Crippen LogP contribution is 2.48. The van der Waals surface area contributed by atoms with Crippen molar-refractivity contribution in [2.75, 3.05) is 26.2 Å². The summed E-state index contributed by atoms with van der Waals surface area (Å²) in [7, 11) is 4.46. The molecule has 1 fully saturated rings. The summed E-state index contributed by atoms with van der Waals surface area (Å²) < 4.78 is 19.3. The van der Waals surface area contributed by atoms with Gasteiger partial charge in [0.05, 0.1) is 48.9 Å². The third-order valence-electron chi connectivity index (χ3n) is 7.40. The van der Waals surface area contributed by atoms with Crippen LogP contribution in [-0.2, 0) is 9.59 Å². The van der Waals surface area contributed by atoms with E-state index in [-0.39, 0.29) is 11.3 Å². The number of Topliss-reactive ketones (excluding diaryl/α,β-unsaturated/α-hetero) is 1. The predicted molar refractivity (Wildman–Crippen MR) is 160 cm³/mol. The van der Waals surface area contributed by atoms with Crippen LogP contribution in [0.3, 0.4) is 0 Å². The first kappa shape index (κ1) is 27.3. The molecule has 0 radical (unpaired) electrons. The second-order valence-corrected chi connectivity index (χ2v) is 11.0. The van der Waals surface area contributed by atoms with E-state index in [4.69, 9.17) is 19.2 Å². The third-order valence-corrected chi connectivity index (χ3v) is 8.40. The van der Waals surface area contributed by atoms with Gasteiger partial charge in [-0.3, -0.25) is 18.9 Å². The number of methoxy groups -OCH3 is 3. The fraction of sp³-hybridized carbons (Fsp3) is 0.226. The lowest BCUT2D eigenvalue weighted by Crippen LogP contribution is -2.29. The zero-order valence-corrected chi connectivity index (χ0v) is 24.7. The highest BCUT2D eigenvalue weighted by molar-refractivity contribution is 7.22. The van der Waals surface area contributed by atoms with Crippen LogP contribution in [0.15, 0.2) is 54.2 Å². The average molecular weight is 585 g/mol. The first-order valence-electron chi connectivity index (χ1n) is 13.1. The fourth-order valence-electron chi connectivity index (χ4n) is 5.59. The molecular formula is C31H28N4O6S. The first-order chi connectivity index (χ1) is 20.2. The molecule has 42 heavy (non-hydrogen) atoms. The van der Waals surface area contributed by atoms with Crippen LogP contribution < -0.4 is 19.1 Å². The zero-order valence-electron chi connectivity index (χ0n) is 23.9. The van der Waals surface area contributed by atoms with Gasteiger partial charge in [0.15, 0.2) is 22.4 Å². The number of rotatable bonds is 6. The number of pyridine rings is 1. The van der Waals surface area contributed by atoms with Gasteiger partial charge in [-0.2, -0.15) is 0 Å². The summed E-state index contributed by atoms with van der Waals surface area (Å²) in [5.74, 6) is -0.986. The Morgan fingerprint density at radius 1 is 0.952 bits per heavy atom. The Morgan fingerprint density at radius 2 is 1.67 bits per heavy atom. The van der Waals surface area contributed by atoms with Crippen LogP contribution in [0.25, 0.3) is 21.6 Å². The predicted octanol–water partition coefficient (Wildman–Crippen LogP) is 5.52. The molecule has 2 aromatic carbocycles. The SMILES string of the molecule is COc1cc(C2C(=C(O)c3c(C)nc4ccccn34)C(=O)C(=O)N2c2nc3c(C)cc(C)cc3s2)cc(OC)c1OC. The van der Waals surface area contributed by atoms with Gasteiger partial charge < -0.3 is 19.3 Å². The molecule has 1 unspecified atom stereocenters. The molecule has 5 aromatic rings. The van der Waals surface area contributed by atoms with Gasteiger partial charge in [-0.1, -0.05) is 23.5 Å². The number of anilines is 1. The van der Waals surface area contributed by atoms with Gasteiger partial charge in [0.2, 0.25) is 5.75 Å². The molecule has 4 heterocycles. The van der Waals surface area contributed by atoms with E-state index in [0.717, 1.165) is 21.3 Å². The third kappa shape index (κ3) is 4.07. The summed E-state index contributed by atoms with van der Waals surface area (Å²) in [6, 6.07) is 11.7. The van der Waals surface area contributed by atoms with Crippen molar-refractivity contribution < 1.29 is 28.9 Å². The topological polar surface area (TPSA) is 115 Å². The Balaban J connectivity index is 1.66. The lowest BCUT2D eigenvalue weighted by molar-refractivity contribution is -0.132. The Morgan fingerprint density at radius 3 is 2.33 bits per heavy atom. The minimum atomic E-state index is -1.06. The number of amides is 1. The van der Waals surface area contributed by atoms with E-state index in [1.807, 2.05) is 32.0 Å². The number of aryl methyl sites for hydroxylation is 3. The van der Waals surface area contributed by atoms with Crippen molar-refractivity contribution in [1.82, 2.24) is 14.4 Å². The van der Waals surface area contributed by atoms with E-state index in [1.54, 1.807) is 41.8 Å². The normalized spacial score (nSPS) is 16.5. The van der Waals surface area contributed by atoms with Crippen molar-refractivity contribution in [1.29, 1.82) is 0 Å². The summed E-state index contributed by atoms with van der Waals surface area (Å²) in [6.45, 7) is 5.69. The molecule has 1 amide bonds. The van der Waals surface area contributed by atoms with E-state index < -0.39 is 17.7 Å². The number of hydrogen-bond acceptors (Lipinski definition) is 9. The van der Waals surface area contributed by atoms with Crippen molar-refractivity contribution >= 4 is 49.8 Å². The van der Waals surface area contributed by atoms with Crippen LogP contribution in [0, 0.1) is 20.8 Å². The second-order valence-electron chi connectivity index (χ2n) is 10.0. The first-order valence-corrected chi connectivity index (χ1v) is 13.9. The molecule has 3 aromatic heterocycles. The van der Waals surface area contributed by atoms with Gasteiger partial charge in [0.25, 0.3) is 5.78 Å². The minimum Gasteiger partial charge on any atom is -0.505 e. The number of benzene rings is 2. The van der Waals surface area contributed by atoms with Crippen molar-refractivity contribution in [3.8, 4) is 17.2 Å². The van der Waals surface area contributed by atoms with E-state index in [2.05, 4.69) is 4.98 Å². The number of nitrogens with zero attached hydrogens (tertiary/aromatic N) is 4. The molecule has 1 aliphatic rings. The molecule has 1 atom stereocenters. The van der Waals surface area contributed by atoms with E-state index in [1.165, 1.54) is 37.6 Å². The number of ketones is 1. The number of aromatic nitrogens is 3. The van der Waals surface area contributed by atoms with E-state index in [9.17, 15) is 14.7 Å². The van der Waals surface area contributed by atoms with Crippen molar-refractivity contribution in [3.63, 3.8) is 0 Å². The Kier molecular flexibility index (Phi) is 6.61. The number of imidazole rings is 1. The summed E-state index contributed by atoms with van der Waals surface area (Å²) in [5.41, 5.74) is 4.52. The maximum atomic E-state index is 13.9. The van der Waals surface area contributed by atoms with Crippen LogP contribution in [0.2, 0.25) is 0 Å². The number of thiazole rings is 1. The average Bonchev–Trinajstić information content (AvgIpc) is 3.62. The number of hydrogen-bond donors (Lipinski definition) is 1. The maximum absolute atomic E-state index is 13.9. The minimum absolute atomic E-state index is 0.102. The monoisotopic (exact) mass is 584 g/mol. The van der Waals surface area contributed by atoms with E-state index in [0.29, 0.717) is 45.0 Å². The summed E-state index contributed by atoms with van der Waals surface area (Å²) in [4.78, 5) is 38.4. The van der Waals surface area contributed by atoms with Gasteiger partial charge >= 0.3 is 5.91 Å². The molecule has 1 aliphatic heterocycles. The van der Waals surface area contributed by atoms with Crippen molar-refractivity contribution in [2.24, 2.45) is 0 Å². The molecule has 6 rings (SSSR count). The van der Waals surface area contributed by atoms with Gasteiger partial charge in [-0.25, -0.2) is 9.97 Å². The Hall–Kier alpha value is -4.90. The molecule has 11 heteroatoms. The number of carbonyl (C=O) groups is 2. The lowest BCUT2D eigenvalue weighted by Gasteiger charge is -2.24. The van der Waals surface area contributed by atoms with Crippen LogP contribution >= 0.6 is 11.3 Å². The molecule has 0 saturated carbocycles. The molecule has 0 bridgehead atoms. The summed E-state index contributed by atoms with van der Waals surface area (Å²) >= 11 is 1.30. The number of carbonyl (C=O) groups excluding carboxylic acids is 2. The lowest BCUT2D eigenvalue weighted by atomic mass is 9.95. The molecule has 10 nitrogen and oxygen atoms in total. The molecule has 214 valence electrons. The van der Waals surface area contributed by atoms with Crippen molar-refractivity contribution in [3.05, 3.63) is 82.3 Å². The zero-order chi connectivity index (χ0) is 29.9. The standard InChI is InChI=1S/C31H28N4O6S/c1-15-11-16(2)24-21(12-15)42-31(33-24)35-26(18-13-19(39-4)29(41-6)20(14-18)40-5)23(28(37)30(35)38)27(36)25-17(3)32-22-9-7-8-10-34(22)25/h7-14,26,36H,1-6H3. The van der Waals surface area contributed by atoms with Crippen molar-refractivity contribution in [2.45, 2.75) is 26.8 Å². The summed E-state index contributed by atoms with van der Waals surface area (Å²) in [5, 5.41) is 12.2. The fourth-order valence-corrected chi connectivity index (χ4v) is 6.76. The maximum Gasteiger partial charge on any atom is 0.301 e. The number of aliphatic hydroxyl groups excluding tert-OH is 1. The van der Waals surface area contributed by atoms with E-state index >= 15 is 0 Å². The summed E-state index contributed by atoms with van der Waals surface area (Å²) in [6.07, 6.45) is 1.74. The van der Waals surface area contributed by atoms with Gasteiger partial charge in [0.1, 0.15) is 11.3 Å². The highest BCUT2D eigenvalue weighted by Gasteiger charge is 2.49. The largest absolute Gasteiger partial charge is 0.505 e. The Bertz CT molecular complexity index is 1930. The smallest absolute Gasteiger partial charge is 0.301 e. The van der Waals surface area contributed by atoms with Gasteiger partial charge in [-0.05, 0) is 67.8 Å². The quantitative estimate of drug-likeness (QED) is 0.158. The Labute approximate surface area is 245 Å². The molecular weight excluding hydrogens is 556 g/mol. The number of aliphatic hydroxyl groups is 1. The van der Waals surface area contributed by atoms with Crippen LogP contribution in [-0.4, -0.2) is 52.5 Å². The van der Waals surface area contributed by atoms with Gasteiger partial charge in [0, 0.05) is 6.20 Å². The van der Waals surface area contributed by atoms with Crippen LogP contribution in [0.5, 0.6) is 17.2 Å². The van der Waals surface area contributed by atoms with Gasteiger partial charge in [-0.15, -0.1) is 0 Å². The number of fused-ring (bicyclic) bond motifs is 2. The molecule has 1 saturated heterocycles. The molecule has 1 N–H and O–H groups in total. The second kappa shape index (κ2) is 10.2. The van der Waals surface area contributed by atoms with Crippen LogP contribution in [0.4, 0.5) is 5.13 Å². The number of ether oxygens (including phenoxy) is 3. The molecule has 0 aliphatic carbocycles. The molecule has 0 spiro atoms. The van der Waals surface area contributed by atoms with Crippen LogP contribution in [0.1, 0.15) is 34.1 Å².